The van der Waals surface area contributed by atoms with E-state index in [-0.39, 0.29) is 11.3 Å². The lowest BCUT2D eigenvalue weighted by Gasteiger charge is -2.18. The van der Waals surface area contributed by atoms with Crippen molar-refractivity contribution < 1.29 is 4.74 Å². The van der Waals surface area contributed by atoms with Crippen molar-refractivity contribution in [3.05, 3.63) is 66.0 Å². The highest BCUT2D eigenvalue weighted by atomic mass is 32.1. The normalized spacial score (nSPS) is 12.5. The molecule has 0 fully saturated rings. The largest absolute Gasteiger partial charge is 0.376 e. The molecule has 0 aliphatic heterocycles. The highest BCUT2D eigenvalue weighted by Crippen LogP contribution is 2.02. The van der Waals surface area contributed by atoms with Crippen molar-refractivity contribution in [2.75, 3.05) is 0 Å². The van der Waals surface area contributed by atoms with Gasteiger partial charge in [-0.15, -0.1) is 0 Å². The van der Waals surface area contributed by atoms with E-state index in [9.17, 15) is 0 Å². The van der Waals surface area contributed by atoms with Gasteiger partial charge in [-0.1, -0.05) is 36.4 Å². The molecule has 0 saturated carbocycles. The predicted molar refractivity (Wildman–Crippen MR) is 99.1 cm³/mol. The molecule has 4 N–H and O–H groups in total. The van der Waals surface area contributed by atoms with Crippen LogP contribution in [0.1, 0.15) is 18.2 Å². The van der Waals surface area contributed by atoms with E-state index >= 15 is 0 Å². The molecule has 0 spiro atoms. The Morgan fingerprint density at radius 1 is 1.25 bits per heavy atom. The van der Waals surface area contributed by atoms with Crippen molar-refractivity contribution in [2.24, 2.45) is 10.7 Å². The monoisotopic (exact) mass is 343 g/mol. The summed E-state index contributed by atoms with van der Waals surface area (Å²) in [5, 5.41) is 6.07. The van der Waals surface area contributed by atoms with Crippen LogP contribution >= 0.6 is 12.2 Å². The van der Waals surface area contributed by atoms with E-state index in [1.165, 1.54) is 0 Å². The Morgan fingerprint density at radius 2 is 2.00 bits per heavy atom. The standard InChI is InChI=1S/C17H21N5OS/c1-13(23-12-14-7-3-2-4-8-14)21-17(22-16(18)24)20-11-15-9-5-6-10-19-15/h2-10,13H,11-12H2,1H3,(H4,18,20,21,22,24). The van der Waals surface area contributed by atoms with Crippen LogP contribution in [0.2, 0.25) is 0 Å². The summed E-state index contributed by atoms with van der Waals surface area (Å²) in [6, 6.07) is 15.6. The number of pyridine rings is 1. The minimum atomic E-state index is -0.269. The van der Waals surface area contributed by atoms with Crippen LogP contribution in [0.5, 0.6) is 0 Å². The Morgan fingerprint density at radius 3 is 2.67 bits per heavy atom. The number of aromatic nitrogens is 1. The van der Waals surface area contributed by atoms with Gasteiger partial charge >= 0.3 is 0 Å². The lowest BCUT2D eigenvalue weighted by atomic mass is 10.2. The summed E-state index contributed by atoms with van der Waals surface area (Å²) in [6.07, 6.45) is 1.46. The fraction of sp³-hybridized carbons (Fsp3) is 0.235. The molecule has 0 amide bonds. The molecule has 1 atom stereocenters. The van der Waals surface area contributed by atoms with Gasteiger partial charge in [-0.2, -0.15) is 0 Å². The van der Waals surface area contributed by atoms with Gasteiger partial charge in [-0.3, -0.25) is 4.98 Å². The van der Waals surface area contributed by atoms with Gasteiger partial charge in [0.15, 0.2) is 11.1 Å². The summed E-state index contributed by atoms with van der Waals surface area (Å²) in [5.41, 5.74) is 7.49. The molecule has 2 rings (SSSR count). The first kappa shape index (κ1) is 17.8. The SMILES string of the molecule is CC(NC(=NCc1ccccn1)NC(N)=S)OCc1ccccc1. The number of hydrogen-bond acceptors (Lipinski definition) is 4. The molecule has 1 heterocycles. The van der Waals surface area contributed by atoms with E-state index in [4.69, 9.17) is 22.7 Å². The summed E-state index contributed by atoms with van der Waals surface area (Å²) in [7, 11) is 0. The summed E-state index contributed by atoms with van der Waals surface area (Å²) in [5.74, 6) is 0.453. The molecule has 7 heteroatoms. The van der Waals surface area contributed by atoms with E-state index in [1.54, 1.807) is 6.20 Å². The number of thiocarbonyl (C=S) groups is 1. The van der Waals surface area contributed by atoms with Gasteiger partial charge < -0.3 is 21.1 Å². The Hall–Kier alpha value is -2.51. The quantitative estimate of drug-likeness (QED) is 0.322. The Kier molecular flexibility index (Phi) is 7.13. The van der Waals surface area contributed by atoms with Crippen LogP contribution in [0.3, 0.4) is 0 Å². The lowest BCUT2D eigenvalue weighted by molar-refractivity contribution is 0.0431. The Balaban J connectivity index is 1.90. The van der Waals surface area contributed by atoms with Gasteiger partial charge in [0.25, 0.3) is 0 Å². The minimum Gasteiger partial charge on any atom is -0.376 e. The summed E-state index contributed by atoms with van der Waals surface area (Å²) in [6.45, 7) is 2.79. The number of ether oxygens (including phenoxy) is 1. The van der Waals surface area contributed by atoms with E-state index in [2.05, 4.69) is 20.6 Å². The first-order valence-electron chi connectivity index (χ1n) is 7.56. The molecule has 126 valence electrons. The highest BCUT2D eigenvalue weighted by Gasteiger charge is 2.07. The van der Waals surface area contributed by atoms with Gasteiger partial charge in [-0.05, 0) is 36.8 Å². The summed E-state index contributed by atoms with van der Waals surface area (Å²) >= 11 is 4.89. The second kappa shape index (κ2) is 9.59. The van der Waals surface area contributed by atoms with Gasteiger partial charge in [0, 0.05) is 6.20 Å². The average molecular weight is 343 g/mol. The maximum Gasteiger partial charge on any atom is 0.199 e. The first-order chi connectivity index (χ1) is 11.6. The molecule has 0 radical (unpaired) electrons. The van der Waals surface area contributed by atoms with Crippen molar-refractivity contribution in [3.63, 3.8) is 0 Å². The fourth-order valence-electron chi connectivity index (χ4n) is 1.92. The van der Waals surface area contributed by atoms with Crippen LogP contribution in [0.15, 0.2) is 59.7 Å². The number of hydrogen-bond donors (Lipinski definition) is 3. The molecule has 24 heavy (non-hydrogen) atoms. The van der Waals surface area contributed by atoms with Crippen molar-refractivity contribution in [2.45, 2.75) is 26.3 Å². The van der Waals surface area contributed by atoms with Crippen molar-refractivity contribution in [3.8, 4) is 0 Å². The Bertz CT molecular complexity index is 663. The number of guanidine groups is 1. The molecule has 2 aromatic rings. The maximum absolute atomic E-state index is 5.76. The second-order valence-corrected chi connectivity index (χ2v) is 5.50. The third-order valence-corrected chi connectivity index (χ3v) is 3.15. The van der Waals surface area contributed by atoms with Gasteiger partial charge in [0.05, 0.1) is 18.8 Å². The number of rotatable bonds is 6. The third-order valence-electron chi connectivity index (χ3n) is 3.05. The zero-order valence-corrected chi connectivity index (χ0v) is 14.3. The van der Waals surface area contributed by atoms with Crippen LogP contribution < -0.4 is 16.4 Å². The Labute approximate surface area is 147 Å². The first-order valence-corrected chi connectivity index (χ1v) is 7.97. The predicted octanol–water partition coefficient (Wildman–Crippen LogP) is 1.92. The van der Waals surface area contributed by atoms with E-state index < -0.39 is 0 Å². The van der Waals surface area contributed by atoms with E-state index in [0.717, 1.165) is 11.3 Å². The van der Waals surface area contributed by atoms with Gasteiger partial charge in [0.1, 0.15) is 6.23 Å². The van der Waals surface area contributed by atoms with Crippen LogP contribution in [0, 0.1) is 0 Å². The lowest BCUT2D eigenvalue weighted by Crippen LogP contribution is -2.47. The second-order valence-electron chi connectivity index (χ2n) is 5.06. The van der Waals surface area contributed by atoms with Gasteiger partial charge in [0.2, 0.25) is 0 Å². The van der Waals surface area contributed by atoms with Crippen LogP contribution in [0.25, 0.3) is 0 Å². The fourth-order valence-corrected chi connectivity index (χ4v) is 2.02. The van der Waals surface area contributed by atoms with Crippen LogP contribution in [-0.4, -0.2) is 22.3 Å². The van der Waals surface area contributed by atoms with E-state index in [0.29, 0.717) is 19.1 Å². The molecule has 0 bridgehead atoms. The number of aliphatic imine (C=N–C) groups is 1. The molecule has 1 aromatic carbocycles. The van der Waals surface area contributed by atoms with Gasteiger partial charge in [-0.25, -0.2) is 4.99 Å². The number of benzene rings is 1. The molecule has 0 saturated heterocycles. The zero-order valence-electron chi connectivity index (χ0n) is 13.5. The molecule has 0 aliphatic carbocycles. The smallest absolute Gasteiger partial charge is 0.199 e. The van der Waals surface area contributed by atoms with Crippen LogP contribution in [0.4, 0.5) is 0 Å². The molecule has 6 nitrogen and oxygen atoms in total. The topological polar surface area (TPSA) is 84.6 Å². The summed E-state index contributed by atoms with van der Waals surface area (Å²) < 4.78 is 5.76. The molecule has 0 aliphatic rings. The van der Waals surface area contributed by atoms with Crippen molar-refractivity contribution in [1.29, 1.82) is 0 Å². The zero-order chi connectivity index (χ0) is 17.2. The maximum atomic E-state index is 5.76. The average Bonchev–Trinajstić information content (AvgIpc) is 2.59. The number of nitrogens with zero attached hydrogens (tertiary/aromatic N) is 2. The molecular weight excluding hydrogens is 322 g/mol. The molecular formula is C17H21N5OS. The highest BCUT2D eigenvalue weighted by molar-refractivity contribution is 7.80. The molecule has 1 unspecified atom stereocenters. The van der Waals surface area contributed by atoms with Crippen LogP contribution in [-0.2, 0) is 17.9 Å². The van der Waals surface area contributed by atoms with Crippen molar-refractivity contribution in [1.82, 2.24) is 15.6 Å². The summed E-state index contributed by atoms with van der Waals surface area (Å²) in [4.78, 5) is 8.64. The minimum absolute atomic E-state index is 0.137. The third kappa shape index (κ3) is 6.72. The van der Waals surface area contributed by atoms with Crippen molar-refractivity contribution >= 4 is 23.3 Å². The number of nitrogens with two attached hydrogens (primary N) is 1. The molecule has 1 aromatic heterocycles. The number of nitrogens with one attached hydrogen (secondary N) is 2. The van der Waals surface area contributed by atoms with E-state index in [1.807, 2.05) is 55.5 Å².